The van der Waals surface area contributed by atoms with Gasteiger partial charge in [0.15, 0.2) is 5.13 Å². The van der Waals surface area contributed by atoms with Crippen LogP contribution in [0.2, 0.25) is 0 Å². The molecule has 1 aliphatic heterocycles. The number of alkyl halides is 2. The molecule has 152 valence electrons. The molecule has 1 aliphatic rings. The number of carbonyl (C=O) groups excluding carboxylic acids is 1. The molecule has 1 N–H and O–H groups in total. The van der Waals surface area contributed by atoms with Crippen LogP contribution in [0.15, 0.2) is 29.6 Å². The molecule has 0 bridgehead atoms. The number of thiazole rings is 1. The molecule has 0 aliphatic carbocycles. The van der Waals surface area contributed by atoms with Crippen LogP contribution < -0.4 is 10.1 Å². The maximum atomic E-state index is 12.6. The molecular weight excluding hydrogens is 414 g/mol. The quantitative estimate of drug-likeness (QED) is 0.753. The average Bonchev–Trinajstić information content (AvgIpc) is 3.10. The number of amides is 1. The zero-order valence-corrected chi connectivity index (χ0v) is 16.5. The van der Waals surface area contributed by atoms with Crippen molar-refractivity contribution in [1.82, 2.24) is 14.2 Å². The highest BCUT2D eigenvalue weighted by Gasteiger charge is 2.27. The molecule has 0 unspecified atom stereocenters. The summed E-state index contributed by atoms with van der Waals surface area (Å²) in [5, 5.41) is 5.08. The average molecular weight is 432 g/mol. The van der Waals surface area contributed by atoms with E-state index in [9.17, 15) is 22.0 Å². The van der Waals surface area contributed by atoms with Gasteiger partial charge in [0.1, 0.15) is 11.4 Å². The molecule has 1 fully saturated rings. The van der Waals surface area contributed by atoms with E-state index in [4.69, 9.17) is 0 Å². The number of hydrogen-bond donors (Lipinski definition) is 1. The third-order valence-corrected chi connectivity index (χ3v) is 6.11. The van der Waals surface area contributed by atoms with Gasteiger partial charge in [-0.2, -0.15) is 13.1 Å². The predicted molar refractivity (Wildman–Crippen MR) is 101 cm³/mol. The Morgan fingerprint density at radius 2 is 1.86 bits per heavy atom. The standard InChI is InChI=1S/C16H18F2N4O4S2/c1-28(24,25)22-8-6-21(7-9-22)14(23)13-10-27-16(20-13)19-11-2-4-12(5-3-11)26-15(17)18/h2-5,10,15H,6-9H2,1H3,(H,19,20). The van der Waals surface area contributed by atoms with E-state index in [1.165, 1.54) is 27.8 Å². The van der Waals surface area contributed by atoms with Crippen LogP contribution >= 0.6 is 11.3 Å². The summed E-state index contributed by atoms with van der Waals surface area (Å²) < 4.78 is 53.0. The molecule has 1 aromatic carbocycles. The van der Waals surface area contributed by atoms with Gasteiger partial charge in [-0.1, -0.05) is 0 Å². The number of halogens is 2. The lowest BCUT2D eigenvalue weighted by Gasteiger charge is -2.32. The van der Waals surface area contributed by atoms with Crippen molar-refractivity contribution in [3.8, 4) is 5.75 Å². The van der Waals surface area contributed by atoms with Crippen molar-refractivity contribution in [1.29, 1.82) is 0 Å². The highest BCUT2D eigenvalue weighted by molar-refractivity contribution is 7.88. The van der Waals surface area contributed by atoms with Crippen LogP contribution in [-0.2, 0) is 10.0 Å². The van der Waals surface area contributed by atoms with Crippen LogP contribution in [0.5, 0.6) is 5.75 Å². The summed E-state index contributed by atoms with van der Waals surface area (Å²) in [6.07, 6.45) is 1.15. The number of nitrogens with one attached hydrogen (secondary N) is 1. The molecule has 0 saturated carbocycles. The first-order valence-electron chi connectivity index (χ1n) is 8.24. The summed E-state index contributed by atoms with van der Waals surface area (Å²) in [5.41, 5.74) is 0.870. The number of sulfonamides is 1. The molecule has 8 nitrogen and oxygen atoms in total. The second-order valence-corrected chi connectivity index (χ2v) is 8.86. The molecule has 0 radical (unpaired) electrons. The van der Waals surface area contributed by atoms with E-state index in [-0.39, 0.29) is 30.4 Å². The number of carbonyl (C=O) groups is 1. The molecule has 1 amide bonds. The van der Waals surface area contributed by atoms with Gasteiger partial charge in [-0.15, -0.1) is 11.3 Å². The van der Waals surface area contributed by atoms with Gasteiger partial charge in [-0.3, -0.25) is 4.79 Å². The van der Waals surface area contributed by atoms with E-state index in [0.29, 0.717) is 23.9 Å². The molecule has 28 heavy (non-hydrogen) atoms. The summed E-state index contributed by atoms with van der Waals surface area (Å²) in [6, 6.07) is 5.92. The van der Waals surface area contributed by atoms with Gasteiger partial charge in [0.2, 0.25) is 10.0 Å². The van der Waals surface area contributed by atoms with Crippen LogP contribution in [0.4, 0.5) is 19.6 Å². The van der Waals surface area contributed by atoms with Gasteiger partial charge < -0.3 is 15.0 Å². The first-order chi connectivity index (χ1) is 13.2. The normalized spacial score (nSPS) is 15.6. The summed E-state index contributed by atoms with van der Waals surface area (Å²) in [5.74, 6) is -0.220. The minimum absolute atomic E-state index is 0.0452. The van der Waals surface area contributed by atoms with Crippen molar-refractivity contribution in [2.24, 2.45) is 0 Å². The van der Waals surface area contributed by atoms with E-state index in [2.05, 4.69) is 15.0 Å². The molecule has 0 atom stereocenters. The van der Waals surface area contributed by atoms with Gasteiger partial charge in [0, 0.05) is 37.2 Å². The molecular formula is C16H18F2N4O4S2. The first-order valence-corrected chi connectivity index (χ1v) is 11.0. The van der Waals surface area contributed by atoms with Crippen LogP contribution in [0.3, 0.4) is 0 Å². The van der Waals surface area contributed by atoms with E-state index in [1.807, 2.05) is 0 Å². The zero-order valence-electron chi connectivity index (χ0n) is 14.8. The number of ether oxygens (including phenoxy) is 1. The number of anilines is 2. The smallest absolute Gasteiger partial charge is 0.387 e. The topological polar surface area (TPSA) is 91.8 Å². The fraction of sp³-hybridized carbons (Fsp3) is 0.375. The number of piperazine rings is 1. The van der Waals surface area contributed by atoms with E-state index in [1.54, 1.807) is 22.4 Å². The number of rotatable bonds is 6. The largest absolute Gasteiger partial charge is 0.435 e. The van der Waals surface area contributed by atoms with Crippen molar-refractivity contribution in [3.05, 3.63) is 35.3 Å². The minimum Gasteiger partial charge on any atom is -0.435 e. The van der Waals surface area contributed by atoms with Crippen molar-refractivity contribution in [2.45, 2.75) is 6.61 Å². The molecule has 2 heterocycles. The summed E-state index contributed by atoms with van der Waals surface area (Å²) in [4.78, 5) is 18.4. The van der Waals surface area contributed by atoms with Crippen LogP contribution in [0, 0.1) is 0 Å². The predicted octanol–water partition coefficient (Wildman–Crippen LogP) is 2.21. The monoisotopic (exact) mass is 432 g/mol. The molecule has 1 aromatic heterocycles. The van der Waals surface area contributed by atoms with Crippen molar-refractivity contribution >= 4 is 38.1 Å². The Morgan fingerprint density at radius 3 is 2.43 bits per heavy atom. The fourth-order valence-electron chi connectivity index (χ4n) is 2.66. The summed E-state index contributed by atoms with van der Waals surface area (Å²) >= 11 is 1.23. The Kier molecular flexibility index (Phi) is 6.10. The lowest BCUT2D eigenvalue weighted by atomic mass is 10.3. The van der Waals surface area contributed by atoms with Gasteiger partial charge in [0.25, 0.3) is 5.91 Å². The van der Waals surface area contributed by atoms with Crippen LogP contribution in [0.1, 0.15) is 10.5 Å². The van der Waals surface area contributed by atoms with Gasteiger partial charge in [-0.05, 0) is 24.3 Å². The van der Waals surface area contributed by atoms with E-state index in [0.717, 1.165) is 6.26 Å². The highest BCUT2D eigenvalue weighted by atomic mass is 32.2. The lowest BCUT2D eigenvalue weighted by molar-refractivity contribution is -0.0498. The Balaban J connectivity index is 1.59. The first kappa shape index (κ1) is 20.4. The van der Waals surface area contributed by atoms with Gasteiger partial charge in [-0.25, -0.2) is 13.4 Å². The Labute approximate surface area is 164 Å². The second kappa shape index (κ2) is 8.37. The molecule has 3 rings (SSSR count). The second-order valence-electron chi connectivity index (χ2n) is 6.02. The van der Waals surface area contributed by atoms with Crippen molar-refractivity contribution in [3.63, 3.8) is 0 Å². The maximum absolute atomic E-state index is 12.6. The fourth-order valence-corrected chi connectivity index (χ4v) is 4.19. The van der Waals surface area contributed by atoms with E-state index < -0.39 is 16.6 Å². The van der Waals surface area contributed by atoms with Crippen LogP contribution in [0.25, 0.3) is 0 Å². The number of nitrogens with zero attached hydrogens (tertiary/aromatic N) is 3. The summed E-state index contributed by atoms with van der Waals surface area (Å²) in [6.45, 7) is -1.76. The van der Waals surface area contributed by atoms with Gasteiger partial charge in [0.05, 0.1) is 6.26 Å². The van der Waals surface area contributed by atoms with Crippen molar-refractivity contribution < 1.29 is 26.7 Å². The minimum atomic E-state index is -3.26. The zero-order chi connectivity index (χ0) is 20.3. The molecule has 2 aromatic rings. The van der Waals surface area contributed by atoms with Crippen molar-refractivity contribution in [2.75, 3.05) is 37.8 Å². The number of benzene rings is 1. The maximum Gasteiger partial charge on any atom is 0.387 e. The molecule has 0 spiro atoms. The van der Waals surface area contributed by atoms with Gasteiger partial charge >= 0.3 is 6.61 Å². The molecule has 12 heteroatoms. The SMILES string of the molecule is CS(=O)(=O)N1CCN(C(=O)c2csc(Nc3ccc(OC(F)F)cc3)n2)CC1. The highest BCUT2D eigenvalue weighted by Crippen LogP contribution is 2.24. The Hall–Kier alpha value is -2.31. The van der Waals surface area contributed by atoms with E-state index >= 15 is 0 Å². The van der Waals surface area contributed by atoms with Crippen LogP contribution in [-0.4, -0.2) is 67.6 Å². The number of aromatic nitrogens is 1. The number of hydrogen-bond acceptors (Lipinski definition) is 7. The Morgan fingerprint density at radius 1 is 1.21 bits per heavy atom. The third-order valence-electron chi connectivity index (χ3n) is 4.05. The Bertz CT molecular complexity index is 926. The summed E-state index contributed by atoms with van der Waals surface area (Å²) in [7, 11) is -3.26. The molecule has 1 saturated heterocycles. The lowest BCUT2D eigenvalue weighted by Crippen LogP contribution is -2.50. The third kappa shape index (κ3) is 5.14.